The van der Waals surface area contributed by atoms with Gasteiger partial charge in [0.2, 0.25) is 0 Å². The predicted octanol–water partition coefficient (Wildman–Crippen LogP) is 5.03. The molecule has 2 rings (SSSR count). The van der Waals surface area contributed by atoms with Gasteiger partial charge < -0.3 is 0 Å². The summed E-state index contributed by atoms with van der Waals surface area (Å²) in [6.07, 6.45) is 3.04. The van der Waals surface area contributed by atoms with Crippen molar-refractivity contribution >= 4 is 35.1 Å². The van der Waals surface area contributed by atoms with Crippen molar-refractivity contribution in [3.8, 4) is 0 Å². The van der Waals surface area contributed by atoms with Gasteiger partial charge in [-0.25, -0.2) is 4.39 Å². The summed E-state index contributed by atoms with van der Waals surface area (Å²) in [7, 11) is 0. The largest absolute Gasteiger partial charge is 0.289 e. The molecule has 0 aliphatic carbocycles. The topological polar surface area (TPSA) is 17.1 Å². The average molecular weight is 295 g/mol. The van der Waals surface area contributed by atoms with E-state index in [1.807, 2.05) is 0 Å². The fraction of sp³-hybridized carbons (Fsp3) is 0. The monoisotopic (exact) mass is 294 g/mol. The highest BCUT2D eigenvalue weighted by atomic mass is 35.5. The van der Waals surface area contributed by atoms with Crippen molar-refractivity contribution in [2.75, 3.05) is 0 Å². The van der Waals surface area contributed by atoms with Crippen LogP contribution in [0.15, 0.2) is 48.5 Å². The second-order valence-electron chi connectivity index (χ2n) is 3.88. The third-order valence-corrected chi connectivity index (χ3v) is 3.24. The number of benzene rings is 2. The van der Waals surface area contributed by atoms with Crippen LogP contribution in [0.3, 0.4) is 0 Å². The molecule has 0 aliphatic rings. The van der Waals surface area contributed by atoms with Crippen LogP contribution < -0.4 is 0 Å². The maximum atomic E-state index is 12.7. The van der Waals surface area contributed by atoms with Crippen molar-refractivity contribution in [3.63, 3.8) is 0 Å². The molecule has 0 unspecified atom stereocenters. The Morgan fingerprint density at radius 3 is 2.32 bits per heavy atom. The van der Waals surface area contributed by atoms with Gasteiger partial charge in [0.15, 0.2) is 5.78 Å². The minimum atomic E-state index is -0.370. The fourth-order valence-electron chi connectivity index (χ4n) is 1.50. The quantitative estimate of drug-likeness (QED) is 0.573. The molecule has 1 nitrogen and oxygen atoms in total. The Labute approximate surface area is 120 Å². The summed E-state index contributed by atoms with van der Waals surface area (Å²) in [5, 5.41) is 0.890. The van der Waals surface area contributed by atoms with Crippen LogP contribution in [0, 0.1) is 5.82 Å². The maximum absolute atomic E-state index is 12.7. The van der Waals surface area contributed by atoms with Crippen LogP contribution >= 0.6 is 23.2 Å². The molecule has 2 aromatic carbocycles. The van der Waals surface area contributed by atoms with Crippen molar-refractivity contribution in [2.45, 2.75) is 0 Å². The van der Waals surface area contributed by atoms with Gasteiger partial charge in [0.1, 0.15) is 5.82 Å². The molecular weight excluding hydrogens is 286 g/mol. The molecule has 96 valence electrons. The highest BCUT2D eigenvalue weighted by Gasteiger charge is 2.02. The van der Waals surface area contributed by atoms with Crippen LogP contribution in [-0.2, 0) is 0 Å². The molecule has 0 atom stereocenters. The SMILES string of the molecule is O=C(/C=C\c1ccc(Cl)c(Cl)c1)c1ccc(F)cc1. The number of ketones is 1. The van der Waals surface area contributed by atoms with E-state index in [-0.39, 0.29) is 11.6 Å². The summed E-state index contributed by atoms with van der Waals surface area (Å²) >= 11 is 11.7. The lowest BCUT2D eigenvalue weighted by Gasteiger charge is -1.98. The predicted molar refractivity (Wildman–Crippen MR) is 76.2 cm³/mol. The Bertz CT molecular complexity index is 633. The summed E-state index contributed by atoms with van der Waals surface area (Å²) in [6, 6.07) is 10.5. The van der Waals surface area contributed by atoms with E-state index in [0.717, 1.165) is 5.56 Å². The van der Waals surface area contributed by atoms with Crippen LogP contribution in [0.2, 0.25) is 10.0 Å². The number of hydrogen-bond acceptors (Lipinski definition) is 1. The summed E-state index contributed by atoms with van der Waals surface area (Å²) in [5.74, 6) is -0.573. The Hall–Kier alpha value is -1.64. The van der Waals surface area contributed by atoms with Crippen molar-refractivity contribution < 1.29 is 9.18 Å². The highest BCUT2D eigenvalue weighted by molar-refractivity contribution is 6.42. The van der Waals surface area contributed by atoms with Crippen LogP contribution in [0.5, 0.6) is 0 Å². The van der Waals surface area contributed by atoms with E-state index in [1.54, 1.807) is 24.3 Å². The van der Waals surface area contributed by atoms with Gasteiger partial charge >= 0.3 is 0 Å². The Morgan fingerprint density at radius 1 is 1.00 bits per heavy atom. The molecule has 0 fully saturated rings. The van der Waals surface area contributed by atoms with Gasteiger partial charge in [0.05, 0.1) is 10.0 Å². The lowest BCUT2D eigenvalue weighted by molar-refractivity contribution is 0.104. The summed E-state index contributed by atoms with van der Waals surface area (Å²) < 4.78 is 12.7. The molecule has 0 aliphatic heterocycles. The van der Waals surface area contributed by atoms with E-state index in [4.69, 9.17) is 23.2 Å². The number of carbonyl (C=O) groups excluding carboxylic acids is 1. The molecule has 4 heteroatoms. The summed E-state index contributed by atoms with van der Waals surface area (Å²) in [5.41, 5.74) is 1.20. The zero-order valence-corrected chi connectivity index (χ0v) is 11.3. The van der Waals surface area contributed by atoms with Crippen LogP contribution in [0.4, 0.5) is 4.39 Å². The normalized spacial score (nSPS) is 10.9. The third-order valence-electron chi connectivity index (χ3n) is 2.50. The molecular formula is C15H9Cl2FO. The number of carbonyl (C=O) groups is 1. The van der Waals surface area contributed by atoms with E-state index in [2.05, 4.69) is 0 Å². The van der Waals surface area contributed by atoms with Crippen LogP contribution in [0.1, 0.15) is 15.9 Å². The number of allylic oxidation sites excluding steroid dienone is 1. The summed E-state index contributed by atoms with van der Waals surface area (Å²) in [4.78, 5) is 11.8. The minimum Gasteiger partial charge on any atom is -0.289 e. The molecule has 0 amide bonds. The summed E-state index contributed by atoms with van der Waals surface area (Å²) in [6.45, 7) is 0. The van der Waals surface area contributed by atoms with E-state index >= 15 is 0 Å². The zero-order valence-electron chi connectivity index (χ0n) is 9.74. The molecule has 19 heavy (non-hydrogen) atoms. The molecule has 0 heterocycles. The first-order valence-electron chi connectivity index (χ1n) is 5.49. The first kappa shape index (κ1) is 13.8. The molecule has 0 aromatic heterocycles. The Kier molecular flexibility index (Phi) is 4.35. The van der Waals surface area contributed by atoms with Gasteiger partial charge in [0, 0.05) is 5.56 Å². The van der Waals surface area contributed by atoms with Crippen LogP contribution in [0.25, 0.3) is 6.08 Å². The average Bonchev–Trinajstić information content (AvgIpc) is 2.40. The van der Waals surface area contributed by atoms with E-state index in [1.165, 1.54) is 30.3 Å². The maximum Gasteiger partial charge on any atom is 0.185 e. The molecule has 0 saturated heterocycles. The van der Waals surface area contributed by atoms with Gasteiger partial charge in [-0.05, 0) is 48.0 Å². The number of hydrogen-bond donors (Lipinski definition) is 0. The zero-order chi connectivity index (χ0) is 13.8. The van der Waals surface area contributed by atoms with Crippen LogP contribution in [-0.4, -0.2) is 5.78 Å². The van der Waals surface area contributed by atoms with Gasteiger partial charge in [0.25, 0.3) is 0 Å². The van der Waals surface area contributed by atoms with E-state index in [9.17, 15) is 9.18 Å². The molecule has 0 radical (unpaired) electrons. The lowest BCUT2D eigenvalue weighted by Crippen LogP contribution is -1.93. The van der Waals surface area contributed by atoms with Gasteiger partial charge in [-0.2, -0.15) is 0 Å². The number of halogens is 3. The molecule has 0 N–H and O–H groups in total. The second kappa shape index (κ2) is 6.00. The van der Waals surface area contributed by atoms with Gasteiger partial charge in [-0.1, -0.05) is 35.3 Å². The van der Waals surface area contributed by atoms with Gasteiger partial charge in [-0.3, -0.25) is 4.79 Å². The first-order valence-corrected chi connectivity index (χ1v) is 6.25. The molecule has 0 saturated carbocycles. The van der Waals surface area contributed by atoms with Crippen molar-refractivity contribution in [1.29, 1.82) is 0 Å². The van der Waals surface area contributed by atoms with E-state index in [0.29, 0.717) is 15.6 Å². The Balaban J connectivity index is 2.15. The van der Waals surface area contributed by atoms with E-state index < -0.39 is 0 Å². The molecule has 2 aromatic rings. The third kappa shape index (κ3) is 3.66. The lowest BCUT2D eigenvalue weighted by atomic mass is 10.1. The van der Waals surface area contributed by atoms with Crippen molar-refractivity contribution in [1.82, 2.24) is 0 Å². The standard InChI is InChI=1S/C15H9Cl2FO/c16-13-7-1-10(9-14(13)17)2-8-15(19)11-3-5-12(18)6-4-11/h1-9H/b8-2-. The second-order valence-corrected chi connectivity index (χ2v) is 4.69. The highest BCUT2D eigenvalue weighted by Crippen LogP contribution is 2.23. The molecule has 0 bridgehead atoms. The van der Waals surface area contributed by atoms with Gasteiger partial charge in [-0.15, -0.1) is 0 Å². The Morgan fingerprint density at radius 2 is 1.68 bits per heavy atom. The smallest absolute Gasteiger partial charge is 0.185 e. The molecule has 0 spiro atoms. The first-order chi connectivity index (χ1) is 9.06. The van der Waals surface area contributed by atoms with Crippen molar-refractivity contribution in [3.05, 3.63) is 75.5 Å². The minimum absolute atomic E-state index is 0.203. The number of rotatable bonds is 3. The van der Waals surface area contributed by atoms with Crippen molar-refractivity contribution in [2.24, 2.45) is 0 Å². The fourth-order valence-corrected chi connectivity index (χ4v) is 1.80.